The summed E-state index contributed by atoms with van der Waals surface area (Å²) in [5.74, 6) is 1.55. The maximum Gasteiger partial charge on any atom is 0.164 e. The molecule has 0 bridgehead atoms. The molecule has 0 radical (unpaired) electrons. The summed E-state index contributed by atoms with van der Waals surface area (Å²) < 4.78 is 0. The zero-order valence-corrected chi connectivity index (χ0v) is 15.0. The first-order chi connectivity index (χ1) is 12.7. The lowest BCUT2D eigenvalue weighted by molar-refractivity contribution is 0.0164. The van der Waals surface area contributed by atoms with Gasteiger partial charge in [0, 0.05) is 22.8 Å². The summed E-state index contributed by atoms with van der Waals surface area (Å²) >= 11 is 1.76. The number of anilines is 1. The number of nitrogens with zero attached hydrogens (tertiary/aromatic N) is 5. The third kappa shape index (κ3) is 2.37. The minimum absolute atomic E-state index is 0.148. The first-order valence-corrected chi connectivity index (χ1v) is 9.55. The van der Waals surface area contributed by atoms with Gasteiger partial charge in [0.15, 0.2) is 5.82 Å². The van der Waals surface area contributed by atoms with Gasteiger partial charge in [-0.2, -0.15) is 5.26 Å². The summed E-state index contributed by atoms with van der Waals surface area (Å²) in [4.78, 5) is 18.3. The number of nitriles is 1. The number of β-amino-alcohol motifs (C(OH)–C–C–N with tert-alkyl or cyclic N) is 1. The van der Waals surface area contributed by atoms with Crippen molar-refractivity contribution in [1.29, 1.82) is 5.26 Å². The molecule has 1 aliphatic heterocycles. The van der Waals surface area contributed by atoms with Crippen molar-refractivity contribution < 1.29 is 5.11 Å². The van der Waals surface area contributed by atoms with Crippen molar-refractivity contribution in [3.63, 3.8) is 0 Å². The van der Waals surface area contributed by atoms with Crippen molar-refractivity contribution in [3.8, 4) is 17.5 Å². The van der Waals surface area contributed by atoms with Crippen LogP contribution in [0.4, 0.5) is 5.82 Å². The van der Waals surface area contributed by atoms with Crippen molar-refractivity contribution in [2.24, 2.45) is 0 Å². The molecule has 1 saturated heterocycles. The summed E-state index contributed by atoms with van der Waals surface area (Å²) in [6.07, 6.45) is 7.01. The van der Waals surface area contributed by atoms with Crippen molar-refractivity contribution in [3.05, 3.63) is 35.0 Å². The lowest BCUT2D eigenvalue weighted by Gasteiger charge is -2.46. The highest BCUT2D eigenvalue weighted by atomic mass is 32.1. The Kier molecular flexibility index (Phi) is 3.45. The van der Waals surface area contributed by atoms with Crippen LogP contribution in [0.2, 0.25) is 0 Å². The molecule has 4 heterocycles. The summed E-state index contributed by atoms with van der Waals surface area (Å²) in [6.45, 7) is 0.869. The number of pyridine rings is 1. The lowest BCUT2D eigenvalue weighted by Crippen LogP contribution is -2.62. The molecule has 1 fully saturated rings. The fraction of sp³-hybridized carbons (Fsp3) is 0.368. The number of thiophene rings is 1. The van der Waals surface area contributed by atoms with E-state index < -0.39 is 5.60 Å². The Morgan fingerprint density at radius 2 is 2.19 bits per heavy atom. The largest absolute Gasteiger partial charge is 0.385 e. The van der Waals surface area contributed by atoms with Crippen molar-refractivity contribution in [1.82, 2.24) is 15.0 Å². The second-order valence-electron chi connectivity index (χ2n) is 7.07. The van der Waals surface area contributed by atoms with E-state index in [1.165, 1.54) is 16.9 Å². The van der Waals surface area contributed by atoms with E-state index in [0.717, 1.165) is 34.4 Å². The zero-order chi connectivity index (χ0) is 17.7. The number of hydrogen-bond acceptors (Lipinski definition) is 7. The number of aliphatic hydroxyl groups is 1. The Labute approximate surface area is 154 Å². The predicted octanol–water partition coefficient (Wildman–Crippen LogP) is 2.71. The van der Waals surface area contributed by atoms with Crippen LogP contribution in [0.3, 0.4) is 0 Å². The third-order valence-electron chi connectivity index (χ3n) is 5.14. The molecule has 1 N–H and O–H groups in total. The summed E-state index contributed by atoms with van der Waals surface area (Å²) in [6, 6.07) is 5.92. The van der Waals surface area contributed by atoms with Gasteiger partial charge in [-0.15, -0.1) is 11.3 Å². The molecule has 6 nitrogen and oxygen atoms in total. The van der Waals surface area contributed by atoms with Crippen molar-refractivity contribution >= 4 is 27.4 Å². The quantitative estimate of drug-likeness (QED) is 0.770. The van der Waals surface area contributed by atoms with E-state index in [9.17, 15) is 5.11 Å². The molecule has 0 aromatic carbocycles. The summed E-state index contributed by atoms with van der Waals surface area (Å²) in [7, 11) is 0. The van der Waals surface area contributed by atoms with Gasteiger partial charge in [-0.1, -0.05) is 0 Å². The summed E-state index contributed by atoms with van der Waals surface area (Å²) in [5.41, 5.74) is 1.32. The van der Waals surface area contributed by atoms with Crippen LogP contribution in [-0.4, -0.2) is 38.7 Å². The minimum Gasteiger partial charge on any atom is -0.385 e. The Hall–Kier alpha value is -2.56. The SMILES string of the molecule is N#CCC1(O)CN(c2nc(-c3cccnc3)nc3sc4c(c23)CCC4)C1. The molecule has 1 aliphatic carbocycles. The average Bonchev–Trinajstić information content (AvgIpc) is 3.20. The molecule has 0 spiro atoms. The molecular formula is C19H17N5OS. The normalized spacial score (nSPS) is 17.8. The van der Waals surface area contributed by atoms with E-state index >= 15 is 0 Å². The predicted molar refractivity (Wildman–Crippen MR) is 100 cm³/mol. The molecule has 3 aromatic heterocycles. The van der Waals surface area contributed by atoms with Gasteiger partial charge in [-0.05, 0) is 37.0 Å². The highest BCUT2D eigenvalue weighted by Gasteiger charge is 2.43. The Morgan fingerprint density at radius 3 is 2.96 bits per heavy atom. The molecule has 2 aliphatic rings. The lowest BCUT2D eigenvalue weighted by atomic mass is 9.91. The highest BCUT2D eigenvalue weighted by Crippen LogP contribution is 2.43. The van der Waals surface area contributed by atoms with E-state index in [2.05, 4.69) is 16.0 Å². The molecule has 26 heavy (non-hydrogen) atoms. The molecule has 5 rings (SSSR count). The summed E-state index contributed by atoms with van der Waals surface area (Å²) in [5, 5.41) is 20.5. The first kappa shape index (κ1) is 15.7. The van der Waals surface area contributed by atoms with Gasteiger partial charge in [0.2, 0.25) is 0 Å². The van der Waals surface area contributed by atoms with Crippen molar-refractivity contribution in [2.75, 3.05) is 18.0 Å². The fourth-order valence-corrected chi connectivity index (χ4v) is 5.16. The number of rotatable bonds is 3. The first-order valence-electron chi connectivity index (χ1n) is 8.74. The van der Waals surface area contributed by atoms with E-state index in [1.807, 2.05) is 12.1 Å². The number of hydrogen-bond donors (Lipinski definition) is 1. The Balaban J connectivity index is 1.64. The second kappa shape index (κ2) is 5.73. The van der Waals surface area contributed by atoms with Gasteiger partial charge in [0.05, 0.1) is 31.0 Å². The molecule has 0 atom stereocenters. The van der Waals surface area contributed by atoms with E-state index in [-0.39, 0.29) is 6.42 Å². The monoisotopic (exact) mass is 363 g/mol. The fourth-order valence-electron chi connectivity index (χ4n) is 3.90. The number of aryl methyl sites for hydroxylation is 2. The standard InChI is InChI=1S/C19H17N5OS/c20-7-6-19(25)10-24(11-19)17-15-13-4-1-5-14(13)26-18(15)23-16(22-17)12-3-2-8-21-9-12/h2-3,8-9,25H,1,4-6,10-11H2. The van der Waals surface area contributed by atoms with Gasteiger partial charge in [0.1, 0.15) is 16.2 Å². The molecule has 130 valence electrons. The molecule has 0 amide bonds. The molecule has 0 saturated carbocycles. The zero-order valence-electron chi connectivity index (χ0n) is 14.1. The Bertz CT molecular complexity index is 1030. The van der Waals surface area contributed by atoms with Gasteiger partial charge in [-0.25, -0.2) is 9.97 Å². The van der Waals surface area contributed by atoms with Crippen LogP contribution < -0.4 is 4.90 Å². The maximum atomic E-state index is 10.4. The number of fused-ring (bicyclic) bond motifs is 3. The molecule has 3 aromatic rings. The van der Waals surface area contributed by atoms with Crippen LogP contribution in [0.1, 0.15) is 23.3 Å². The smallest absolute Gasteiger partial charge is 0.164 e. The topological polar surface area (TPSA) is 85.9 Å². The Morgan fingerprint density at radius 1 is 1.31 bits per heavy atom. The van der Waals surface area contributed by atoms with Gasteiger partial charge < -0.3 is 10.0 Å². The van der Waals surface area contributed by atoms with Gasteiger partial charge in [-0.3, -0.25) is 4.98 Å². The van der Waals surface area contributed by atoms with Crippen molar-refractivity contribution in [2.45, 2.75) is 31.3 Å². The van der Waals surface area contributed by atoms with E-state index in [4.69, 9.17) is 15.2 Å². The van der Waals surface area contributed by atoms with Crippen LogP contribution in [0.25, 0.3) is 21.6 Å². The molecular weight excluding hydrogens is 346 g/mol. The van der Waals surface area contributed by atoms with Gasteiger partial charge >= 0.3 is 0 Å². The highest BCUT2D eigenvalue weighted by molar-refractivity contribution is 7.19. The minimum atomic E-state index is -0.931. The van der Waals surface area contributed by atoms with Crippen LogP contribution >= 0.6 is 11.3 Å². The molecule has 7 heteroatoms. The van der Waals surface area contributed by atoms with E-state index in [0.29, 0.717) is 18.9 Å². The second-order valence-corrected chi connectivity index (χ2v) is 8.15. The number of aromatic nitrogens is 3. The average molecular weight is 363 g/mol. The van der Waals surface area contributed by atoms with Crippen LogP contribution in [-0.2, 0) is 12.8 Å². The maximum absolute atomic E-state index is 10.4. The van der Waals surface area contributed by atoms with Crippen LogP contribution in [0.5, 0.6) is 0 Å². The third-order valence-corrected chi connectivity index (χ3v) is 6.33. The van der Waals surface area contributed by atoms with E-state index in [1.54, 1.807) is 23.7 Å². The van der Waals surface area contributed by atoms with Gasteiger partial charge in [0.25, 0.3) is 0 Å². The van der Waals surface area contributed by atoms with Crippen LogP contribution in [0, 0.1) is 11.3 Å². The van der Waals surface area contributed by atoms with Crippen LogP contribution in [0.15, 0.2) is 24.5 Å². The molecule has 0 unspecified atom stereocenters.